The van der Waals surface area contributed by atoms with E-state index in [2.05, 4.69) is 46.4 Å². The molecule has 0 aromatic carbocycles. The molecule has 2 heteroatoms. The van der Waals surface area contributed by atoms with E-state index in [0.29, 0.717) is 22.3 Å². The van der Waals surface area contributed by atoms with Gasteiger partial charge in [0, 0.05) is 12.5 Å². The Morgan fingerprint density at radius 1 is 1.00 bits per heavy atom. The second kappa shape index (κ2) is 7.68. The average molecular weight is 433 g/mol. The van der Waals surface area contributed by atoms with Crippen LogP contribution in [-0.4, -0.2) is 24.7 Å². The largest absolute Gasteiger partial charge is 0.381 e. The lowest BCUT2D eigenvalue weighted by Gasteiger charge is -2.61. The van der Waals surface area contributed by atoms with Gasteiger partial charge in [-0.1, -0.05) is 34.6 Å². The normalized spacial score (nSPS) is 52.5. The lowest BCUT2D eigenvalue weighted by Crippen LogP contribution is -2.57. The smallest absolute Gasteiger partial charge is 0.0638 e. The van der Waals surface area contributed by atoms with Crippen molar-refractivity contribution in [3.63, 3.8) is 0 Å². The zero-order valence-corrected chi connectivity index (χ0v) is 21.5. The van der Waals surface area contributed by atoms with Crippen molar-refractivity contribution in [1.82, 2.24) is 0 Å². The van der Waals surface area contributed by atoms with E-state index in [1.54, 1.807) is 0 Å². The first-order valence-corrected chi connectivity index (χ1v) is 14.5. The Labute approximate surface area is 191 Å². The molecular weight excluding hydrogens is 384 g/mol. The Morgan fingerprint density at radius 2 is 1.80 bits per heavy atom. The minimum absolute atomic E-state index is 0.557. The monoisotopic (exact) mass is 432 g/mol. The molecular formula is C28H48OS. The zero-order valence-electron chi connectivity index (χ0n) is 20.7. The molecule has 172 valence electrons. The number of hydrogen-bond donors (Lipinski definition) is 0. The highest BCUT2D eigenvalue weighted by Crippen LogP contribution is 2.82. The van der Waals surface area contributed by atoms with E-state index in [-0.39, 0.29) is 0 Å². The summed E-state index contributed by atoms with van der Waals surface area (Å²) in [4.78, 5) is 0. The van der Waals surface area contributed by atoms with E-state index in [1.165, 1.54) is 69.3 Å². The SMILES string of the molecule is CO[C@@H]1C[C@H]2[C@@H]3CC[C@H]([C@H](C)CSCCC(C)C)[C@@]3(C)CC[C@@H]2[C@@]2(C)CC[C@H]3C[C@]312. The molecule has 0 aliphatic heterocycles. The molecule has 5 rings (SSSR count). The first-order valence-electron chi connectivity index (χ1n) is 13.4. The van der Waals surface area contributed by atoms with Crippen molar-refractivity contribution < 1.29 is 4.74 Å². The first kappa shape index (κ1) is 22.1. The van der Waals surface area contributed by atoms with Gasteiger partial charge in [0.1, 0.15) is 0 Å². The Bertz CT molecular complexity index is 647. The van der Waals surface area contributed by atoms with Crippen LogP contribution in [-0.2, 0) is 4.74 Å². The van der Waals surface area contributed by atoms with E-state index >= 15 is 0 Å². The molecule has 5 fully saturated rings. The zero-order chi connectivity index (χ0) is 21.3. The van der Waals surface area contributed by atoms with Gasteiger partial charge in [0.25, 0.3) is 0 Å². The van der Waals surface area contributed by atoms with Gasteiger partial charge in [0.05, 0.1) is 6.10 Å². The minimum atomic E-state index is 0.557. The van der Waals surface area contributed by atoms with Crippen molar-refractivity contribution in [2.75, 3.05) is 18.6 Å². The molecule has 10 atom stereocenters. The molecule has 5 aliphatic rings. The van der Waals surface area contributed by atoms with E-state index in [9.17, 15) is 0 Å². The molecule has 0 unspecified atom stereocenters. The van der Waals surface area contributed by atoms with Gasteiger partial charge in [-0.2, -0.15) is 11.8 Å². The van der Waals surface area contributed by atoms with Crippen molar-refractivity contribution in [2.24, 2.45) is 57.7 Å². The van der Waals surface area contributed by atoms with Crippen LogP contribution in [0.5, 0.6) is 0 Å². The van der Waals surface area contributed by atoms with Gasteiger partial charge in [-0.05, 0) is 122 Å². The van der Waals surface area contributed by atoms with Crippen LogP contribution in [0.1, 0.15) is 92.4 Å². The van der Waals surface area contributed by atoms with Gasteiger partial charge < -0.3 is 4.74 Å². The molecule has 0 saturated heterocycles. The molecule has 1 spiro atoms. The number of ether oxygens (including phenoxy) is 1. The van der Waals surface area contributed by atoms with Crippen molar-refractivity contribution >= 4 is 11.8 Å². The summed E-state index contributed by atoms with van der Waals surface area (Å²) in [5.41, 5.74) is 1.76. The summed E-state index contributed by atoms with van der Waals surface area (Å²) in [5.74, 6) is 9.33. The van der Waals surface area contributed by atoms with Gasteiger partial charge in [-0.25, -0.2) is 0 Å². The highest BCUT2D eigenvalue weighted by molar-refractivity contribution is 7.99. The van der Waals surface area contributed by atoms with E-state index in [0.717, 1.165) is 41.4 Å². The van der Waals surface area contributed by atoms with E-state index < -0.39 is 0 Å². The van der Waals surface area contributed by atoms with Gasteiger partial charge in [0.15, 0.2) is 0 Å². The lowest BCUT2D eigenvalue weighted by atomic mass is 9.45. The molecule has 0 aromatic heterocycles. The van der Waals surface area contributed by atoms with E-state index in [1.807, 2.05) is 7.11 Å². The van der Waals surface area contributed by atoms with Crippen LogP contribution in [0.2, 0.25) is 0 Å². The van der Waals surface area contributed by atoms with E-state index in [4.69, 9.17) is 4.74 Å². The highest BCUT2D eigenvalue weighted by Gasteiger charge is 2.77. The maximum Gasteiger partial charge on any atom is 0.0638 e. The maximum absolute atomic E-state index is 6.30. The molecule has 5 aliphatic carbocycles. The molecule has 5 saturated carbocycles. The molecule has 0 aromatic rings. The van der Waals surface area contributed by atoms with Crippen molar-refractivity contribution in [1.29, 1.82) is 0 Å². The van der Waals surface area contributed by atoms with Crippen LogP contribution >= 0.6 is 11.8 Å². The van der Waals surface area contributed by atoms with Crippen molar-refractivity contribution in [3.05, 3.63) is 0 Å². The third kappa shape index (κ3) is 2.97. The van der Waals surface area contributed by atoms with Crippen molar-refractivity contribution in [2.45, 2.75) is 98.5 Å². The Balaban J connectivity index is 1.31. The molecule has 1 nitrogen and oxygen atoms in total. The summed E-state index contributed by atoms with van der Waals surface area (Å²) in [5, 5.41) is 0. The predicted molar refractivity (Wildman–Crippen MR) is 130 cm³/mol. The number of fused-ring (bicyclic) bond motifs is 4. The summed E-state index contributed by atoms with van der Waals surface area (Å²) in [7, 11) is 2.03. The summed E-state index contributed by atoms with van der Waals surface area (Å²) in [6, 6.07) is 0. The maximum atomic E-state index is 6.30. The summed E-state index contributed by atoms with van der Waals surface area (Å²) < 4.78 is 6.30. The topological polar surface area (TPSA) is 9.23 Å². The fourth-order valence-electron chi connectivity index (χ4n) is 10.3. The van der Waals surface area contributed by atoms with Crippen LogP contribution in [0.3, 0.4) is 0 Å². The Kier molecular flexibility index (Phi) is 5.66. The Hall–Kier alpha value is 0.310. The number of rotatable bonds is 7. The van der Waals surface area contributed by atoms with Crippen LogP contribution in [0.15, 0.2) is 0 Å². The molecule has 0 heterocycles. The number of hydrogen-bond acceptors (Lipinski definition) is 2. The number of thioether (sulfide) groups is 1. The average Bonchev–Trinajstić information content (AvgIpc) is 3.21. The molecule has 0 bridgehead atoms. The van der Waals surface area contributed by atoms with Crippen LogP contribution in [0, 0.1) is 57.7 Å². The molecule has 0 N–H and O–H groups in total. The quantitative estimate of drug-likeness (QED) is 0.381. The van der Waals surface area contributed by atoms with Crippen LogP contribution in [0.25, 0.3) is 0 Å². The second-order valence-electron chi connectivity index (χ2n) is 13.2. The van der Waals surface area contributed by atoms with Gasteiger partial charge in [0.2, 0.25) is 0 Å². The summed E-state index contributed by atoms with van der Waals surface area (Å²) in [6.45, 7) is 12.8. The van der Waals surface area contributed by atoms with Gasteiger partial charge >= 0.3 is 0 Å². The Morgan fingerprint density at radius 3 is 2.50 bits per heavy atom. The van der Waals surface area contributed by atoms with Gasteiger partial charge in [-0.15, -0.1) is 0 Å². The standard InChI is InChI=1S/C28H48OS/c1-18(2)11-14-30-17-19(3)22-7-8-23-21-15-25(29-6)28-16-20(28)9-13-27(28,5)24(21)10-12-26(22,23)4/h18-25H,7-17H2,1-6H3/t19-,20+,21+,22-,23+,24+,25-,26-,27-,28+/m1/s1. The van der Waals surface area contributed by atoms with Crippen LogP contribution in [0.4, 0.5) is 0 Å². The minimum Gasteiger partial charge on any atom is -0.381 e. The molecule has 30 heavy (non-hydrogen) atoms. The fourth-order valence-corrected chi connectivity index (χ4v) is 11.7. The lowest BCUT2D eigenvalue weighted by molar-refractivity contribution is -0.160. The van der Waals surface area contributed by atoms with Gasteiger partial charge in [-0.3, -0.25) is 0 Å². The summed E-state index contributed by atoms with van der Waals surface area (Å²) >= 11 is 2.24. The number of methoxy groups -OCH3 is 1. The highest BCUT2D eigenvalue weighted by atomic mass is 32.2. The third-order valence-corrected chi connectivity index (χ3v) is 13.1. The third-order valence-electron chi connectivity index (χ3n) is 11.8. The predicted octanol–water partition coefficient (Wildman–Crippen LogP) is 7.69. The second-order valence-corrected chi connectivity index (χ2v) is 14.3. The van der Waals surface area contributed by atoms with Crippen LogP contribution < -0.4 is 0 Å². The molecule has 0 amide bonds. The fraction of sp³-hybridized carbons (Fsp3) is 1.00. The summed E-state index contributed by atoms with van der Waals surface area (Å²) in [6.07, 6.45) is 13.8. The first-order chi connectivity index (χ1) is 14.3. The van der Waals surface area contributed by atoms with Crippen molar-refractivity contribution in [3.8, 4) is 0 Å². The molecule has 0 radical (unpaired) electrons.